The van der Waals surface area contributed by atoms with Crippen LogP contribution < -0.4 is 10.5 Å². The second-order valence-electron chi connectivity index (χ2n) is 5.92. The van der Waals surface area contributed by atoms with Crippen LogP contribution in [0.15, 0.2) is 48.5 Å². The van der Waals surface area contributed by atoms with Crippen molar-refractivity contribution in [1.82, 2.24) is 4.90 Å². The third kappa shape index (κ3) is 4.01. The molecule has 0 unspecified atom stereocenters. The highest BCUT2D eigenvalue weighted by Gasteiger charge is 2.14. The smallest absolute Gasteiger partial charge is 0.119 e. The molecule has 2 aromatic carbocycles. The standard InChI is InChI=1S/C19H24N2O/c20-18-7-9-19(10-8-18)22-14-4-3-12-21-13-11-16-5-1-2-6-17(16)15-21/h1-2,5-10H,3-4,11-15,20H2. The van der Waals surface area contributed by atoms with Crippen molar-refractivity contribution in [1.29, 1.82) is 0 Å². The van der Waals surface area contributed by atoms with Gasteiger partial charge in [0, 0.05) is 18.8 Å². The molecule has 0 saturated carbocycles. The van der Waals surface area contributed by atoms with Crippen LogP contribution in [-0.2, 0) is 13.0 Å². The van der Waals surface area contributed by atoms with Crippen LogP contribution in [0.2, 0.25) is 0 Å². The lowest BCUT2D eigenvalue weighted by molar-refractivity contribution is 0.235. The lowest BCUT2D eigenvalue weighted by atomic mass is 10.00. The van der Waals surface area contributed by atoms with E-state index in [0.717, 1.165) is 37.6 Å². The monoisotopic (exact) mass is 296 g/mol. The van der Waals surface area contributed by atoms with E-state index in [1.165, 1.54) is 30.5 Å². The molecule has 1 heterocycles. The molecule has 22 heavy (non-hydrogen) atoms. The summed E-state index contributed by atoms with van der Waals surface area (Å²) in [5.41, 5.74) is 9.45. The molecule has 2 aromatic rings. The number of hydrogen-bond donors (Lipinski definition) is 1. The molecule has 0 fully saturated rings. The van der Waals surface area contributed by atoms with Gasteiger partial charge in [-0.2, -0.15) is 0 Å². The highest BCUT2D eigenvalue weighted by Crippen LogP contribution is 2.19. The van der Waals surface area contributed by atoms with Gasteiger partial charge in [0.25, 0.3) is 0 Å². The zero-order chi connectivity index (χ0) is 15.2. The fourth-order valence-corrected chi connectivity index (χ4v) is 2.94. The molecule has 0 atom stereocenters. The third-order valence-corrected chi connectivity index (χ3v) is 4.23. The zero-order valence-corrected chi connectivity index (χ0v) is 13.0. The number of hydrogen-bond acceptors (Lipinski definition) is 3. The van der Waals surface area contributed by atoms with Gasteiger partial charge in [0.2, 0.25) is 0 Å². The Morgan fingerprint density at radius 1 is 0.955 bits per heavy atom. The van der Waals surface area contributed by atoms with Gasteiger partial charge in [-0.05, 0) is 61.2 Å². The Kier molecular flexibility index (Phi) is 4.96. The number of unbranched alkanes of at least 4 members (excludes halogenated alkanes) is 1. The number of anilines is 1. The van der Waals surface area contributed by atoms with Crippen molar-refractivity contribution in [3.05, 3.63) is 59.7 Å². The molecule has 0 aromatic heterocycles. The van der Waals surface area contributed by atoms with Crippen LogP contribution >= 0.6 is 0 Å². The van der Waals surface area contributed by atoms with E-state index in [4.69, 9.17) is 10.5 Å². The number of nitrogens with zero attached hydrogens (tertiary/aromatic N) is 1. The second-order valence-corrected chi connectivity index (χ2v) is 5.92. The minimum atomic E-state index is 0.772. The topological polar surface area (TPSA) is 38.5 Å². The molecular weight excluding hydrogens is 272 g/mol. The maximum Gasteiger partial charge on any atom is 0.119 e. The number of rotatable bonds is 6. The number of nitrogen functional groups attached to an aromatic ring is 1. The fourth-order valence-electron chi connectivity index (χ4n) is 2.94. The minimum absolute atomic E-state index is 0.772. The van der Waals surface area contributed by atoms with Crippen molar-refractivity contribution in [3.63, 3.8) is 0 Å². The Morgan fingerprint density at radius 2 is 1.73 bits per heavy atom. The molecule has 0 bridgehead atoms. The van der Waals surface area contributed by atoms with Gasteiger partial charge in [-0.25, -0.2) is 0 Å². The molecule has 1 aliphatic heterocycles. The predicted molar refractivity (Wildman–Crippen MR) is 91.0 cm³/mol. The van der Waals surface area contributed by atoms with Crippen molar-refractivity contribution in [2.75, 3.05) is 25.4 Å². The second kappa shape index (κ2) is 7.32. The summed E-state index contributed by atoms with van der Waals surface area (Å²) in [6, 6.07) is 16.4. The molecule has 3 rings (SSSR count). The third-order valence-electron chi connectivity index (χ3n) is 4.23. The summed E-state index contributed by atoms with van der Waals surface area (Å²) in [4.78, 5) is 2.55. The molecule has 0 amide bonds. The van der Waals surface area contributed by atoms with Crippen molar-refractivity contribution in [3.8, 4) is 5.75 Å². The number of nitrogens with two attached hydrogens (primary N) is 1. The van der Waals surface area contributed by atoms with E-state index < -0.39 is 0 Å². The van der Waals surface area contributed by atoms with Crippen LogP contribution in [0.1, 0.15) is 24.0 Å². The van der Waals surface area contributed by atoms with Crippen molar-refractivity contribution >= 4 is 5.69 Å². The highest BCUT2D eigenvalue weighted by molar-refractivity contribution is 5.41. The Labute approximate surface area is 132 Å². The van der Waals surface area contributed by atoms with Gasteiger partial charge in [0.05, 0.1) is 6.61 Å². The summed E-state index contributed by atoms with van der Waals surface area (Å²) in [5.74, 6) is 0.904. The van der Waals surface area contributed by atoms with Crippen molar-refractivity contribution < 1.29 is 4.74 Å². The van der Waals surface area contributed by atoms with E-state index in [-0.39, 0.29) is 0 Å². The summed E-state index contributed by atoms with van der Waals surface area (Å²) in [6.07, 6.45) is 3.44. The summed E-state index contributed by atoms with van der Waals surface area (Å²) >= 11 is 0. The SMILES string of the molecule is Nc1ccc(OCCCCN2CCc3ccccc3C2)cc1. The van der Waals surface area contributed by atoms with E-state index >= 15 is 0 Å². The largest absolute Gasteiger partial charge is 0.494 e. The van der Waals surface area contributed by atoms with E-state index in [2.05, 4.69) is 29.2 Å². The molecule has 1 aliphatic rings. The first-order valence-corrected chi connectivity index (χ1v) is 8.09. The molecular formula is C19H24N2O. The quantitative estimate of drug-likeness (QED) is 0.655. The van der Waals surface area contributed by atoms with Gasteiger partial charge in [-0.3, -0.25) is 4.90 Å². The molecule has 0 saturated heterocycles. The van der Waals surface area contributed by atoms with E-state index in [1.54, 1.807) is 0 Å². The summed E-state index contributed by atoms with van der Waals surface area (Å²) < 4.78 is 5.73. The maximum atomic E-state index is 5.73. The average Bonchev–Trinajstić information content (AvgIpc) is 2.56. The first kappa shape index (κ1) is 14.9. The molecule has 2 N–H and O–H groups in total. The average molecular weight is 296 g/mol. The Bertz CT molecular complexity index is 595. The Balaban J connectivity index is 1.35. The number of ether oxygens (including phenoxy) is 1. The Hall–Kier alpha value is -2.00. The van der Waals surface area contributed by atoms with Crippen LogP contribution in [0.3, 0.4) is 0 Å². The first-order chi connectivity index (χ1) is 10.8. The first-order valence-electron chi connectivity index (χ1n) is 8.09. The normalized spacial score (nSPS) is 14.5. The summed E-state index contributed by atoms with van der Waals surface area (Å²) in [7, 11) is 0. The van der Waals surface area contributed by atoms with Crippen LogP contribution in [0.5, 0.6) is 5.75 Å². The summed E-state index contributed by atoms with van der Waals surface area (Å²) in [6.45, 7) is 4.19. The van der Waals surface area contributed by atoms with Gasteiger partial charge in [-0.15, -0.1) is 0 Å². The highest BCUT2D eigenvalue weighted by atomic mass is 16.5. The van der Waals surface area contributed by atoms with Crippen LogP contribution in [0.25, 0.3) is 0 Å². The molecule has 3 heteroatoms. The number of benzene rings is 2. The van der Waals surface area contributed by atoms with Crippen LogP contribution in [0, 0.1) is 0 Å². The minimum Gasteiger partial charge on any atom is -0.494 e. The van der Waals surface area contributed by atoms with Gasteiger partial charge < -0.3 is 10.5 Å². The zero-order valence-electron chi connectivity index (χ0n) is 13.0. The fraction of sp³-hybridized carbons (Fsp3) is 0.368. The van der Waals surface area contributed by atoms with Gasteiger partial charge in [0.15, 0.2) is 0 Å². The van der Waals surface area contributed by atoms with E-state index in [1.807, 2.05) is 24.3 Å². The Morgan fingerprint density at radius 3 is 2.55 bits per heavy atom. The lowest BCUT2D eigenvalue weighted by Crippen LogP contribution is -2.31. The molecule has 0 spiro atoms. The predicted octanol–water partition coefficient (Wildman–Crippen LogP) is 3.49. The lowest BCUT2D eigenvalue weighted by Gasteiger charge is -2.28. The molecule has 3 nitrogen and oxygen atoms in total. The maximum absolute atomic E-state index is 5.73. The van der Waals surface area contributed by atoms with Crippen molar-refractivity contribution in [2.45, 2.75) is 25.8 Å². The van der Waals surface area contributed by atoms with E-state index in [9.17, 15) is 0 Å². The molecule has 0 aliphatic carbocycles. The van der Waals surface area contributed by atoms with Gasteiger partial charge in [-0.1, -0.05) is 24.3 Å². The van der Waals surface area contributed by atoms with Crippen LogP contribution in [-0.4, -0.2) is 24.6 Å². The summed E-state index contributed by atoms with van der Waals surface area (Å²) in [5, 5.41) is 0. The van der Waals surface area contributed by atoms with E-state index in [0.29, 0.717) is 0 Å². The van der Waals surface area contributed by atoms with Gasteiger partial charge >= 0.3 is 0 Å². The molecule has 116 valence electrons. The molecule has 0 radical (unpaired) electrons. The van der Waals surface area contributed by atoms with Gasteiger partial charge in [0.1, 0.15) is 5.75 Å². The van der Waals surface area contributed by atoms with Crippen LogP contribution in [0.4, 0.5) is 5.69 Å². The van der Waals surface area contributed by atoms with Crippen molar-refractivity contribution in [2.24, 2.45) is 0 Å². The number of fused-ring (bicyclic) bond motifs is 1.